The molecule has 0 fully saturated rings. The molecule has 1 N–H and O–H groups in total. The molecule has 88 valence electrons. The van der Waals surface area contributed by atoms with Crippen molar-refractivity contribution in [3.8, 4) is 11.6 Å². The molecule has 0 atom stereocenters. The van der Waals surface area contributed by atoms with E-state index in [1.807, 2.05) is 13.1 Å². The maximum absolute atomic E-state index is 4.47. The second-order valence-electron chi connectivity index (χ2n) is 3.64. The molecule has 2 aromatic rings. The third-order valence-corrected chi connectivity index (χ3v) is 2.31. The van der Waals surface area contributed by atoms with Gasteiger partial charge in [0.25, 0.3) is 0 Å². The molecule has 0 aliphatic carbocycles. The van der Waals surface area contributed by atoms with Crippen molar-refractivity contribution >= 4 is 5.82 Å². The first-order valence-corrected chi connectivity index (χ1v) is 5.66. The molecule has 0 aromatic carbocycles. The van der Waals surface area contributed by atoms with E-state index in [0.717, 1.165) is 24.4 Å². The summed E-state index contributed by atoms with van der Waals surface area (Å²) in [6.07, 6.45) is 5.36. The van der Waals surface area contributed by atoms with Gasteiger partial charge in [0.05, 0.1) is 0 Å². The largest absolute Gasteiger partial charge is 0.373 e. The Kier molecular flexibility index (Phi) is 3.59. The minimum Gasteiger partial charge on any atom is -0.373 e. The van der Waals surface area contributed by atoms with Crippen LogP contribution in [-0.2, 0) is 6.42 Å². The van der Waals surface area contributed by atoms with Crippen molar-refractivity contribution in [1.29, 1.82) is 0 Å². The van der Waals surface area contributed by atoms with Crippen LogP contribution in [0.5, 0.6) is 0 Å². The molecule has 0 saturated carbocycles. The molecule has 0 aliphatic heterocycles. The molecule has 0 radical (unpaired) electrons. The lowest BCUT2D eigenvalue weighted by Crippen LogP contribution is -2.02. The normalized spacial score (nSPS) is 10.2. The highest BCUT2D eigenvalue weighted by atomic mass is 15.0. The fourth-order valence-corrected chi connectivity index (χ4v) is 1.52. The number of aromatic nitrogens is 4. The predicted octanol–water partition coefficient (Wildman–Crippen LogP) is 1.93. The molecule has 2 heterocycles. The van der Waals surface area contributed by atoms with Gasteiger partial charge in [-0.25, -0.2) is 19.9 Å². The van der Waals surface area contributed by atoms with Crippen LogP contribution in [0.2, 0.25) is 0 Å². The summed E-state index contributed by atoms with van der Waals surface area (Å²) < 4.78 is 0. The van der Waals surface area contributed by atoms with Crippen LogP contribution in [0, 0.1) is 0 Å². The average molecular weight is 229 g/mol. The first kappa shape index (κ1) is 11.4. The van der Waals surface area contributed by atoms with Crippen LogP contribution >= 0.6 is 0 Å². The summed E-state index contributed by atoms with van der Waals surface area (Å²) >= 11 is 0. The molecule has 17 heavy (non-hydrogen) atoms. The Bertz CT molecular complexity index is 484. The Morgan fingerprint density at radius 3 is 2.53 bits per heavy atom. The average Bonchev–Trinajstić information content (AvgIpc) is 2.40. The third kappa shape index (κ3) is 2.75. The van der Waals surface area contributed by atoms with Crippen LogP contribution in [0.3, 0.4) is 0 Å². The van der Waals surface area contributed by atoms with Crippen LogP contribution in [0.4, 0.5) is 5.82 Å². The van der Waals surface area contributed by atoms with Gasteiger partial charge in [-0.05, 0) is 12.5 Å². The number of rotatable bonds is 4. The first-order chi connectivity index (χ1) is 8.33. The number of anilines is 1. The molecular weight excluding hydrogens is 214 g/mol. The van der Waals surface area contributed by atoms with Crippen molar-refractivity contribution in [3.63, 3.8) is 0 Å². The minimum absolute atomic E-state index is 0.557. The van der Waals surface area contributed by atoms with Crippen molar-refractivity contribution in [1.82, 2.24) is 19.9 Å². The van der Waals surface area contributed by atoms with Gasteiger partial charge in [-0.2, -0.15) is 0 Å². The van der Waals surface area contributed by atoms with Crippen LogP contribution in [0.25, 0.3) is 11.6 Å². The van der Waals surface area contributed by atoms with Gasteiger partial charge in [0.1, 0.15) is 5.82 Å². The summed E-state index contributed by atoms with van der Waals surface area (Å²) in [5.74, 6) is 1.92. The molecule has 0 saturated heterocycles. The zero-order valence-electron chi connectivity index (χ0n) is 10.0. The van der Waals surface area contributed by atoms with E-state index in [0.29, 0.717) is 11.6 Å². The van der Waals surface area contributed by atoms with E-state index in [-0.39, 0.29) is 0 Å². The SMILES string of the molecule is CCCc1cc(NC)nc(-c2ncccn2)n1. The van der Waals surface area contributed by atoms with Gasteiger partial charge < -0.3 is 5.32 Å². The third-order valence-electron chi connectivity index (χ3n) is 2.31. The van der Waals surface area contributed by atoms with E-state index in [1.54, 1.807) is 18.5 Å². The monoisotopic (exact) mass is 229 g/mol. The number of hydrogen-bond acceptors (Lipinski definition) is 5. The van der Waals surface area contributed by atoms with Crippen molar-refractivity contribution in [2.75, 3.05) is 12.4 Å². The molecule has 0 aliphatic rings. The Balaban J connectivity index is 2.43. The van der Waals surface area contributed by atoms with Crippen LogP contribution in [0.15, 0.2) is 24.5 Å². The molecule has 5 heteroatoms. The van der Waals surface area contributed by atoms with E-state index in [1.165, 1.54) is 0 Å². The predicted molar refractivity (Wildman–Crippen MR) is 66.6 cm³/mol. The minimum atomic E-state index is 0.557. The number of hydrogen-bond donors (Lipinski definition) is 1. The standard InChI is InChI=1S/C12H15N5/c1-3-5-9-8-10(13-2)17-12(16-9)11-14-6-4-7-15-11/h4,6-8H,3,5H2,1-2H3,(H,13,16,17). The zero-order chi connectivity index (χ0) is 12.1. The molecular formula is C12H15N5. The molecule has 0 spiro atoms. The number of nitrogens with zero attached hydrogens (tertiary/aromatic N) is 4. The smallest absolute Gasteiger partial charge is 0.199 e. The van der Waals surface area contributed by atoms with Gasteiger partial charge >= 0.3 is 0 Å². The summed E-state index contributed by atoms with van der Waals surface area (Å²) in [6, 6.07) is 3.73. The van der Waals surface area contributed by atoms with E-state index >= 15 is 0 Å². The molecule has 2 rings (SSSR count). The number of aryl methyl sites for hydroxylation is 1. The van der Waals surface area contributed by atoms with Crippen molar-refractivity contribution < 1.29 is 0 Å². The van der Waals surface area contributed by atoms with Gasteiger partial charge in [0, 0.05) is 31.2 Å². The summed E-state index contributed by atoms with van der Waals surface area (Å²) in [5, 5.41) is 3.03. The van der Waals surface area contributed by atoms with E-state index < -0.39 is 0 Å². The Labute approximate surface area is 100 Å². The molecule has 0 amide bonds. The summed E-state index contributed by atoms with van der Waals surface area (Å²) in [5.41, 5.74) is 1.01. The molecule has 2 aromatic heterocycles. The second-order valence-corrected chi connectivity index (χ2v) is 3.64. The molecule has 0 unspecified atom stereocenters. The van der Waals surface area contributed by atoms with E-state index in [2.05, 4.69) is 32.2 Å². The maximum atomic E-state index is 4.47. The van der Waals surface area contributed by atoms with E-state index in [9.17, 15) is 0 Å². The van der Waals surface area contributed by atoms with Crippen molar-refractivity contribution in [3.05, 3.63) is 30.2 Å². The maximum Gasteiger partial charge on any atom is 0.199 e. The number of nitrogens with one attached hydrogen (secondary N) is 1. The van der Waals surface area contributed by atoms with Crippen molar-refractivity contribution in [2.45, 2.75) is 19.8 Å². The fourth-order valence-electron chi connectivity index (χ4n) is 1.52. The highest BCUT2D eigenvalue weighted by Crippen LogP contribution is 2.14. The van der Waals surface area contributed by atoms with Gasteiger partial charge in [-0.3, -0.25) is 0 Å². The van der Waals surface area contributed by atoms with E-state index in [4.69, 9.17) is 0 Å². The highest BCUT2D eigenvalue weighted by molar-refractivity contribution is 5.48. The Morgan fingerprint density at radius 2 is 1.88 bits per heavy atom. The lowest BCUT2D eigenvalue weighted by Gasteiger charge is -2.05. The second kappa shape index (κ2) is 5.34. The molecule has 0 bridgehead atoms. The Morgan fingerprint density at radius 1 is 1.12 bits per heavy atom. The summed E-state index contributed by atoms with van der Waals surface area (Å²) in [4.78, 5) is 17.1. The van der Waals surface area contributed by atoms with Crippen LogP contribution in [0.1, 0.15) is 19.0 Å². The van der Waals surface area contributed by atoms with Crippen LogP contribution < -0.4 is 5.32 Å². The molecule has 5 nitrogen and oxygen atoms in total. The quantitative estimate of drug-likeness (QED) is 0.867. The first-order valence-electron chi connectivity index (χ1n) is 5.66. The van der Waals surface area contributed by atoms with Gasteiger partial charge in [-0.15, -0.1) is 0 Å². The fraction of sp³-hybridized carbons (Fsp3) is 0.333. The lowest BCUT2D eigenvalue weighted by molar-refractivity contribution is 0.872. The van der Waals surface area contributed by atoms with Gasteiger partial charge in [0.15, 0.2) is 11.6 Å². The highest BCUT2D eigenvalue weighted by Gasteiger charge is 2.07. The van der Waals surface area contributed by atoms with Gasteiger partial charge in [-0.1, -0.05) is 13.3 Å². The summed E-state index contributed by atoms with van der Waals surface area (Å²) in [6.45, 7) is 2.12. The van der Waals surface area contributed by atoms with Gasteiger partial charge in [0.2, 0.25) is 0 Å². The summed E-state index contributed by atoms with van der Waals surface area (Å²) in [7, 11) is 1.84. The van der Waals surface area contributed by atoms with Crippen molar-refractivity contribution in [2.24, 2.45) is 0 Å². The zero-order valence-corrected chi connectivity index (χ0v) is 10.0. The topological polar surface area (TPSA) is 63.6 Å². The Hall–Kier alpha value is -2.04. The lowest BCUT2D eigenvalue weighted by atomic mass is 10.2. The van der Waals surface area contributed by atoms with Crippen LogP contribution in [-0.4, -0.2) is 27.0 Å².